The van der Waals surface area contributed by atoms with E-state index >= 15 is 0 Å². The van der Waals surface area contributed by atoms with E-state index in [1.54, 1.807) is 7.05 Å². The highest BCUT2D eigenvalue weighted by Gasteiger charge is 2.28. The van der Waals surface area contributed by atoms with Gasteiger partial charge >= 0.3 is 0 Å². The summed E-state index contributed by atoms with van der Waals surface area (Å²) >= 11 is 0. The van der Waals surface area contributed by atoms with E-state index in [0.29, 0.717) is 25.7 Å². The summed E-state index contributed by atoms with van der Waals surface area (Å²) < 4.78 is 32.7. The maximum Gasteiger partial charge on any atom is 0.236 e. The number of para-hydroxylation sites is 2. The second kappa shape index (κ2) is 11.4. The predicted molar refractivity (Wildman–Crippen MR) is 133 cm³/mol. The zero-order valence-electron chi connectivity index (χ0n) is 17.3. The van der Waals surface area contributed by atoms with Crippen molar-refractivity contribution in [2.24, 2.45) is 4.99 Å². The van der Waals surface area contributed by atoms with E-state index in [2.05, 4.69) is 15.6 Å². The Kier molecular flexibility index (Phi) is 9.22. The minimum Gasteiger partial charge on any atom is -0.494 e. The zero-order chi connectivity index (χ0) is 20.7. The van der Waals surface area contributed by atoms with Gasteiger partial charge in [-0.3, -0.25) is 9.30 Å². The van der Waals surface area contributed by atoms with Crippen LogP contribution in [0.15, 0.2) is 53.5 Å². The largest absolute Gasteiger partial charge is 0.494 e. The first kappa shape index (κ1) is 24.3. The minimum absolute atomic E-state index is 0. The smallest absolute Gasteiger partial charge is 0.236 e. The molecule has 0 saturated carbocycles. The lowest BCUT2D eigenvalue weighted by atomic mass is 10.2. The van der Waals surface area contributed by atoms with Crippen LogP contribution in [-0.2, 0) is 23.0 Å². The van der Waals surface area contributed by atoms with Crippen LogP contribution in [0.2, 0.25) is 0 Å². The molecular weight excluding hydrogens is 515 g/mol. The Morgan fingerprint density at radius 3 is 2.63 bits per heavy atom. The van der Waals surface area contributed by atoms with Crippen molar-refractivity contribution < 1.29 is 13.2 Å². The standard InChI is InChI=1S/C21H28N4O3S.HI/c1-3-28-20-11-7-5-9-18(20)16-24-21(22-2)23-13-15-29(26,27)25-14-12-17-8-4-6-10-19(17)25;/h4-11H,3,12-16H2,1-2H3,(H2,22,23,24);1H. The van der Waals surface area contributed by atoms with Crippen molar-refractivity contribution >= 4 is 45.6 Å². The summed E-state index contributed by atoms with van der Waals surface area (Å²) in [7, 11) is -1.73. The first-order valence-electron chi connectivity index (χ1n) is 9.78. The summed E-state index contributed by atoms with van der Waals surface area (Å²) in [5.74, 6) is 1.37. The average molecular weight is 544 g/mol. The summed E-state index contributed by atoms with van der Waals surface area (Å²) in [6.45, 7) is 3.85. The molecule has 3 rings (SSSR count). The van der Waals surface area contributed by atoms with Gasteiger partial charge < -0.3 is 15.4 Å². The van der Waals surface area contributed by atoms with Crippen molar-refractivity contribution in [2.75, 3.05) is 36.8 Å². The number of halogens is 1. The molecule has 2 N–H and O–H groups in total. The molecule has 9 heteroatoms. The third-order valence-corrected chi connectivity index (χ3v) is 6.55. The normalized spacial score (nSPS) is 13.4. The summed E-state index contributed by atoms with van der Waals surface area (Å²) in [5.41, 5.74) is 2.88. The molecule has 0 atom stereocenters. The van der Waals surface area contributed by atoms with E-state index in [0.717, 1.165) is 29.0 Å². The minimum atomic E-state index is -3.39. The Morgan fingerprint density at radius 1 is 1.13 bits per heavy atom. The molecule has 1 aliphatic heterocycles. The topological polar surface area (TPSA) is 83.0 Å². The van der Waals surface area contributed by atoms with Crippen LogP contribution in [0, 0.1) is 0 Å². The first-order chi connectivity index (χ1) is 14.0. The molecule has 7 nitrogen and oxygen atoms in total. The van der Waals surface area contributed by atoms with Gasteiger partial charge in [0.05, 0.1) is 18.0 Å². The Bertz CT molecular complexity index is 966. The van der Waals surface area contributed by atoms with Crippen molar-refractivity contribution in [1.29, 1.82) is 0 Å². The predicted octanol–water partition coefficient (Wildman–Crippen LogP) is 2.76. The Hall–Kier alpha value is -2.01. The van der Waals surface area contributed by atoms with Gasteiger partial charge in [0.25, 0.3) is 0 Å². The molecule has 1 heterocycles. The van der Waals surface area contributed by atoms with Crippen LogP contribution < -0.4 is 19.7 Å². The average Bonchev–Trinajstić information content (AvgIpc) is 3.17. The molecule has 0 fully saturated rings. The van der Waals surface area contributed by atoms with E-state index in [-0.39, 0.29) is 36.3 Å². The number of hydrogen-bond acceptors (Lipinski definition) is 4. The van der Waals surface area contributed by atoms with Crippen molar-refractivity contribution in [3.05, 3.63) is 59.7 Å². The molecule has 1 aliphatic rings. The van der Waals surface area contributed by atoms with E-state index < -0.39 is 10.0 Å². The van der Waals surface area contributed by atoms with Gasteiger partial charge in [-0.25, -0.2) is 8.42 Å². The Labute approximate surface area is 196 Å². The van der Waals surface area contributed by atoms with Crippen LogP contribution in [0.25, 0.3) is 0 Å². The number of nitrogens with zero attached hydrogens (tertiary/aromatic N) is 2. The monoisotopic (exact) mass is 544 g/mol. The van der Waals surface area contributed by atoms with Crippen molar-refractivity contribution in [2.45, 2.75) is 19.9 Å². The van der Waals surface area contributed by atoms with Crippen LogP contribution in [-0.4, -0.2) is 46.9 Å². The Morgan fingerprint density at radius 2 is 1.87 bits per heavy atom. The molecule has 2 aromatic rings. The number of nitrogens with one attached hydrogen (secondary N) is 2. The summed E-state index contributed by atoms with van der Waals surface area (Å²) in [4.78, 5) is 4.18. The number of hydrogen-bond donors (Lipinski definition) is 2. The van der Waals surface area contributed by atoms with Gasteiger partial charge in [-0.05, 0) is 31.0 Å². The number of ether oxygens (including phenoxy) is 1. The fraction of sp³-hybridized carbons (Fsp3) is 0.381. The highest BCUT2D eigenvalue weighted by atomic mass is 127. The van der Waals surface area contributed by atoms with Gasteiger partial charge in [0.15, 0.2) is 5.96 Å². The van der Waals surface area contributed by atoms with Crippen LogP contribution >= 0.6 is 24.0 Å². The molecule has 0 bridgehead atoms. The van der Waals surface area contributed by atoms with Crippen LogP contribution in [0.4, 0.5) is 5.69 Å². The van der Waals surface area contributed by atoms with Crippen LogP contribution in [0.1, 0.15) is 18.1 Å². The van der Waals surface area contributed by atoms with Gasteiger partial charge in [-0.2, -0.15) is 0 Å². The quantitative estimate of drug-likeness (QED) is 0.304. The molecule has 164 valence electrons. The number of anilines is 1. The van der Waals surface area contributed by atoms with Crippen molar-refractivity contribution in [3.8, 4) is 5.75 Å². The number of rotatable bonds is 8. The second-order valence-corrected chi connectivity index (χ2v) is 8.67. The van der Waals surface area contributed by atoms with E-state index in [9.17, 15) is 8.42 Å². The maximum atomic E-state index is 12.8. The van der Waals surface area contributed by atoms with Gasteiger partial charge in [-0.15, -0.1) is 24.0 Å². The maximum absolute atomic E-state index is 12.8. The zero-order valence-corrected chi connectivity index (χ0v) is 20.4. The Balaban J connectivity index is 0.00000320. The third-order valence-electron chi connectivity index (χ3n) is 4.78. The number of sulfonamides is 1. The fourth-order valence-electron chi connectivity index (χ4n) is 3.35. The number of guanidine groups is 1. The fourth-order valence-corrected chi connectivity index (χ4v) is 4.78. The lowest BCUT2D eigenvalue weighted by molar-refractivity contribution is 0.336. The number of aliphatic imine (C=N–C) groups is 1. The van der Waals surface area contributed by atoms with Gasteiger partial charge in [0.2, 0.25) is 10.0 Å². The summed E-state index contributed by atoms with van der Waals surface area (Å²) in [6.07, 6.45) is 0.755. The van der Waals surface area contributed by atoms with Gasteiger partial charge in [-0.1, -0.05) is 36.4 Å². The van der Waals surface area contributed by atoms with Crippen molar-refractivity contribution in [1.82, 2.24) is 10.6 Å². The lowest BCUT2D eigenvalue weighted by Gasteiger charge is -2.20. The van der Waals surface area contributed by atoms with Gasteiger partial charge in [0, 0.05) is 32.2 Å². The van der Waals surface area contributed by atoms with Crippen molar-refractivity contribution in [3.63, 3.8) is 0 Å². The second-order valence-electron chi connectivity index (χ2n) is 6.66. The van der Waals surface area contributed by atoms with E-state index in [4.69, 9.17) is 4.74 Å². The number of fused-ring (bicyclic) bond motifs is 1. The molecule has 30 heavy (non-hydrogen) atoms. The van der Waals surface area contributed by atoms with Gasteiger partial charge in [0.1, 0.15) is 5.75 Å². The van der Waals surface area contributed by atoms with Crippen LogP contribution in [0.5, 0.6) is 5.75 Å². The molecule has 0 aliphatic carbocycles. The molecule has 0 unspecified atom stereocenters. The number of benzene rings is 2. The summed E-state index contributed by atoms with van der Waals surface area (Å²) in [6, 6.07) is 15.5. The molecule has 0 saturated heterocycles. The molecule has 0 amide bonds. The SMILES string of the molecule is CCOc1ccccc1CNC(=NC)NCCS(=O)(=O)N1CCc2ccccc21.I. The molecule has 0 aromatic heterocycles. The van der Waals surface area contributed by atoms with E-state index in [1.165, 1.54) is 4.31 Å². The molecular formula is C21H29IN4O3S. The highest BCUT2D eigenvalue weighted by molar-refractivity contribution is 14.0. The molecule has 2 aromatic carbocycles. The molecule has 0 spiro atoms. The van der Waals surface area contributed by atoms with Crippen LogP contribution in [0.3, 0.4) is 0 Å². The lowest BCUT2D eigenvalue weighted by Crippen LogP contribution is -2.41. The highest BCUT2D eigenvalue weighted by Crippen LogP contribution is 2.29. The first-order valence-corrected chi connectivity index (χ1v) is 11.4. The third kappa shape index (κ3) is 6.00. The summed E-state index contributed by atoms with van der Waals surface area (Å²) in [5, 5.41) is 6.29. The molecule has 0 radical (unpaired) electrons. The van der Waals surface area contributed by atoms with E-state index in [1.807, 2.05) is 55.5 Å².